The van der Waals surface area contributed by atoms with Crippen molar-refractivity contribution >= 4 is 11.6 Å². The fourth-order valence-corrected chi connectivity index (χ4v) is 1.67. The van der Waals surface area contributed by atoms with Crippen molar-refractivity contribution in [1.29, 1.82) is 0 Å². The van der Waals surface area contributed by atoms with Crippen molar-refractivity contribution in [3.8, 4) is 5.75 Å². The minimum absolute atomic E-state index is 0.105. The van der Waals surface area contributed by atoms with E-state index in [9.17, 15) is 9.90 Å². The van der Waals surface area contributed by atoms with Gasteiger partial charge in [-0.15, -0.1) is 0 Å². The molecule has 2 rings (SSSR count). The fourth-order valence-electron chi connectivity index (χ4n) is 1.67. The lowest BCUT2D eigenvalue weighted by molar-refractivity contribution is -0.115. The zero-order chi connectivity index (χ0) is 12.3. The van der Waals surface area contributed by atoms with Crippen molar-refractivity contribution in [3.05, 3.63) is 29.8 Å². The number of hydrogen-bond donors (Lipinski definition) is 3. The molecule has 1 aromatic rings. The summed E-state index contributed by atoms with van der Waals surface area (Å²) >= 11 is 0. The first-order valence-corrected chi connectivity index (χ1v) is 5.56. The molecule has 90 valence electrons. The molecule has 1 aliphatic rings. The predicted molar refractivity (Wildman–Crippen MR) is 64.7 cm³/mol. The van der Waals surface area contributed by atoms with E-state index >= 15 is 0 Å². The second-order valence-electron chi connectivity index (χ2n) is 4.00. The minimum atomic E-state index is -0.143. The number of nitrogens with one attached hydrogen (secondary N) is 2. The number of nitrogens with zero attached hydrogens (tertiary/aromatic N) is 1. The topological polar surface area (TPSA) is 73.7 Å². The molecule has 1 atom stereocenters. The molecule has 0 saturated carbocycles. The molecule has 5 heteroatoms. The first-order valence-electron chi connectivity index (χ1n) is 5.56. The molecule has 1 heterocycles. The highest BCUT2D eigenvalue weighted by atomic mass is 16.3. The monoisotopic (exact) mass is 233 g/mol. The van der Waals surface area contributed by atoms with Crippen LogP contribution in [0.25, 0.3) is 0 Å². The third kappa shape index (κ3) is 2.75. The summed E-state index contributed by atoms with van der Waals surface area (Å²) in [5.74, 6) is 0.0761. The van der Waals surface area contributed by atoms with Gasteiger partial charge in [0.1, 0.15) is 11.5 Å². The summed E-state index contributed by atoms with van der Waals surface area (Å²) < 4.78 is 0. The maximum Gasteiger partial charge on any atom is 0.268 e. The Morgan fingerprint density at radius 3 is 2.76 bits per heavy atom. The van der Waals surface area contributed by atoms with Crippen molar-refractivity contribution < 1.29 is 9.90 Å². The zero-order valence-electron chi connectivity index (χ0n) is 9.60. The van der Waals surface area contributed by atoms with Gasteiger partial charge in [0, 0.05) is 13.0 Å². The minimum Gasteiger partial charge on any atom is -0.508 e. The fraction of sp³-hybridized carbons (Fsp3) is 0.333. The molecule has 1 aromatic carbocycles. The van der Waals surface area contributed by atoms with Crippen LogP contribution >= 0.6 is 0 Å². The highest BCUT2D eigenvalue weighted by Gasteiger charge is 2.17. The number of benzene rings is 1. The summed E-state index contributed by atoms with van der Waals surface area (Å²) in [4.78, 5) is 11.8. The maximum absolute atomic E-state index is 11.8. The highest BCUT2D eigenvalue weighted by Crippen LogP contribution is 2.16. The molecular formula is C12H15N3O2. The van der Waals surface area contributed by atoms with Crippen LogP contribution in [0.4, 0.5) is 0 Å². The SMILES string of the molecule is CC(NC(=O)C1=NNCC1)c1ccc(O)cc1. The van der Waals surface area contributed by atoms with E-state index in [1.54, 1.807) is 24.3 Å². The summed E-state index contributed by atoms with van der Waals surface area (Å²) in [6.45, 7) is 2.61. The Bertz CT molecular complexity index is 440. The van der Waals surface area contributed by atoms with Gasteiger partial charge in [0.25, 0.3) is 5.91 Å². The van der Waals surface area contributed by atoms with Gasteiger partial charge in [-0.05, 0) is 24.6 Å². The molecule has 0 aliphatic carbocycles. The van der Waals surface area contributed by atoms with Crippen LogP contribution in [0.15, 0.2) is 29.4 Å². The van der Waals surface area contributed by atoms with Crippen LogP contribution in [0.3, 0.4) is 0 Å². The van der Waals surface area contributed by atoms with Gasteiger partial charge in [-0.3, -0.25) is 4.79 Å². The highest BCUT2D eigenvalue weighted by molar-refractivity contribution is 6.39. The molecule has 1 unspecified atom stereocenters. The number of hydrazone groups is 1. The lowest BCUT2D eigenvalue weighted by atomic mass is 10.1. The van der Waals surface area contributed by atoms with Crippen molar-refractivity contribution in [2.75, 3.05) is 6.54 Å². The van der Waals surface area contributed by atoms with E-state index in [2.05, 4.69) is 15.8 Å². The lowest BCUT2D eigenvalue weighted by Gasteiger charge is -2.13. The molecule has 5 nitrogen and oxygen atoms in total. The van der Waals surface area contributed by atoms with Crippen LogP contribution in [-0.4, -0.2) is 23.3 Å². The van der Waals surface area contributed by atoms with E-state index in [-0.39, 0.29) is 17.7 Å². The van der Waals surface area contributed by atoms with Gasteiger partial charge in [0.15, 0.2) is 0 Å². The predicted octanol–water partition coefficient (Wildman–Crippen LogP) is 0.919. The van der Waals surface area contributed by atoms with Gasteiger partial charge in [-0.1, -0.05) is 12.1 Å². The molecule has 0 saturated heterocycles. The number of amides is 1. The normalized spacial score (nSPS) is 15.9. The van der Waals surface area contributed by atoms with Crippen LogP contribution < -0.4 is 10.7 Å². The maximum atomic E-state index is 11.8. The van der Waals surface area contributed by atoms with Gasteiger partial charge >= 0.3 is 0 Å². The van der Waals surface area contributed by atoms with E-state index < -0.39 is 0 Å². The van der Waals surface area contributed by atoms with E-state index in [0.717, 1.165) is 12.1 Å². The molecule has 1 aliphatic heterocycles. The van der Waals surface area contributed by atoms with Crippen LogP contribution in [0.5, 0.6) is 5.75 Å². The Balaban J connectivity index is 1.98. The van der Waals surface area contributed by atoms with E-state index in [0.29, 0.717) is 12.1 Å². The summed E-state index contributed by atoms with van der Waals surface area (Å²) in [7, 11) is 0. The van der Waals surface area contributed by atoms with Crippen molar-refractivity contribution in [2.24, 2.45) is 5.10 Å². The van der Waals surface area contributed by atoms with Crippen molar-refractivity contribution in [1.82, 2.24) is 10.7 Å². The Labute approximate surface area is 99.5 Å². The molecule has 0 bridgehead atoms. The smallest absolute Gasteiger partial charge is 0.268 e. The Morgan fingerprint density at radius 1 is 1.47 bits per heavy atom. The summed E-state index contributed by atoms with van der Waals surface area (Å²) in [5, 5.41) is 16.0. The number of rotatable bonds is 3. The molecule has 1 amide bonds. The third-order valence-electron chi connectivity index (χ3n) is 2.69. The van der Waals surface area contributed by atoms with E-state index in [1.165, 1.54) is 0 Å². The van der Waals surface area contributed by atoms with Crippen LogP contribution in [0.2, 0.25) is 0 Å². The number of phenols is 1. The second kappa shape index (κ2) is 4.86. The molecule has 0 fully saturated rings. The van der Waals surface area contributed by atoms with Gasteiger partial charge in [-0.2, -0.15) is 5.10 Å². The molecule has 17 heavy (non-hydrogen) atoms. The van der Waals surface area contributed by atoms with Crippen molar-refractivity contribution in [2.45, 2.75) is 19.4 Å². The van der Waals surface area contributed by atoms with E-state index in [1.807, 2.05) is 6.92 Å². The molecule has 3 N–H and O–H groups in total. The zero-order valence-corrected chi connectivity index (χ0v) is 9.60. The quantitative estimate of drug-likeness (QED) is 0.726. The molecule has 0 radical (unpaired) electrons. The summed E-state index contributed by atoms with van der Waals surface area (Å²) in [6.07, 6.45) is 0.661. The standard InChI is InChI=1S/C12H15N3O2/c1-8(9-2-4-10(16)5-3-9)14-12(17)11-6-7-13-15-11/h2-5,8,13,16H,6-7H2,1H3,(H,14,17). The number of carbonyl (C=O) groups is 1. The average molecular weight is 233 g/mol. The van der Waals surface area contributed by atoms with Gasteiger partial charge in [0.2, 0.25) is 0 Å². The van der Waals surface area contributed by atoms with Crippen LogP contribution in [0, 0.1) is 0 Å². The lowest BCUT2D eigenvalue weighted by Crippen LogP contribution is -2.32. The third-order valence-corrected chi connectivity index (χ3v) is 2.69. The average Bonchev–Trinajstić information content (AvgIpc) is 2.83. The summed E-state index contributed by atoms with van der Waals surface area (Å²) in [6, 6.07) is 6.68. The van der Waals surface area contributed by atoms with Gasteiger partial charge in [-0.25, -0.2) is 0 Å². The number of phenolic OH excluding ortho intramolecular Hbond substituents is 1. The summed E-state index contributed by atoms with van der Waals surface area (Å²) in [5.41, 5.74) is 4.25. The molecule has 0 spiro atoms. The van der Waals surface area contributed by atoms with E-state index in [4.69, 9.17) is 0 Å². The van der Waals surface area contributed by atoms with Crippen molar-refractivity contribution in [3.63, 3.8) is 0 Å². The Morgan fingerprint density at radius 2 is 2.18 bits per heavy atom. The Kier molecular flexibility index (Phi) is 3.27. The molecule has 0 aromatic heterocycles. The largest absolute Gasteiger partial charge is 0.508 e. The van der Waals surface area contributed by atoms with Gasteiger partial charge < -0.3 is 15.8 Å². The van der Waals surface area contributed by atoms with Gasteiger partial charge in [0.05, 0.1) is 6.04 Å². The number of aromatic hydroxyl groups is 1. The Hall–Kier alpha value is -2.04. The first kappa shape index (κ1) is 11.4. The molecular weight excluding hydrogens is 218 g/mol. The van der Waals surface area contributed by atoms with Crippen LogP contribution in [0.1, 0.15) is 24.9 Å². The number of carbonyl (C=O) groups excluding carboxylic acids is 1. The first-order chi connectivity index (χ1) is 8.16. The number of hydrogen-bond acceptors (Lipinski definition) is 4. The van der Waals surface area contributed by atoms with Crippen LogP contribution in [-0.2, 0) is 4.79 Å². The second-order valence-corrected chi connectivity index (χ2v) is 4.00.